The molecule has 2 amide bonds. The molecule has 0 aromatic heterocycles. The van der Waals surface area contributed by atoms with Gasteiger partial charge in [0.05, 0.1) is 11.4 Å². The third-order valence-corrected chi connectivity index (χ3v) is 4.55. The summed E-state index contributed by atoms with van der Waals surface area (Å²) in [5, 5.41) is 5.47. The normalized spacial score (nSPS) is 21.7. The Kier molecular flexibility index (Phi) is 4.07. The van der Waals surface area contributed by atoms with Gasteiger partial charge >= 0.3 is 0 Å². The van der Waals surface area contributed by atoms with Crippen molar-refractivity contribution in [3.63, 3.8) is 0 Å². The molecule has 2 aliphatic heterocycles. The summed E-state index contributed by atoms with van der Waals surface area (Å²) in [6.45, 7) is 2.96. The molecule has 6 heteroatoms. The third kappa shape index (κ3) is 2.81. The number of hydrogen-bond acceptors (Lipinski definition) is 4. The smallest absolute Gasteiger partial charge is 0.274 e. The molecule has 23 heavy (non-hydrogen) atoms. The van der Waals surface area contributed by atoms with Crippen molar-refractivity contribution in [2.75, 3.05) is 30.4 Å². The Morgan fingerprint density at radius 1 is 1.17 bits per heavy atom. The van der Waals surface area contributed by atoms with Crippen molar-refractivity contribution in [2.24, 2.45) is 5.10 Å². The Balaban J connectivity index is 2.00. The fourth-order valence-electron chi connectivity index (χ4n) is 3.13. The quantitative estimate of drug-likeness (QED) is 0.795. The number of amides is 2. The van der Waals surface area contributed by atoms with Gasteiger partial charge in [-0.25, -0.2) is 5.01 Å². The molecular weight excluding hydrogens is 292 g/mol. The second-order valence-corrected chi connectivity index (χ2v) is 6.19. The molecule has 6 nitrogen and oxygen atoms in total. The number of fused-ring (bicyclic) bond motifs is 1. The summed E-state index contributed by atoms with van der Waals surface area (Å²) in [5.74, 6) is -0.148. The van der Waals surface area contributed by atoms with E-state index in [0.29, 0.717) is 18.6 Å². The molecule has 0 saturated carbocycles. The summed E-state index contributed by atoms with van der Waals surface area (Å²) < 4.78 is 0. The van der Waals surface area contributed by atoms with Crippen molar-refractivity contribution >= 4 is 28.9 Å². The van der Waals surface area contributed by atoms with Gasteiger partial charge in [0.15, 0.2) is 0 Å². The van der Waals surface area contributed by atoms with Gasteiger partial charge in [0, 0.05) is 39.5 Å². The molecule has 1 aromatic rings. The zero-order valence-electron chi connectivity index (χ0n) is 13.8. The maximum Gasteiger partial charge on any atom is 0.274 e. The molecule has 0 saturated heterocycles. The lowest BCUT2D eigenvalue weighted by atomic mass is 10.1. The van der Waals surface area contributed by atoms with Crippen LogP contribution in [-0.4, -0.2) is 49.2 Å². The van der Waals surface area contributed by atoms with E-state index in [-0.39, 0.29) is 17.9 Å². The molecule has 2 heterocycles. The maximum absolute atomic E-state index is 13.1. The molecule has 1 aromatic carbocycles. The first-order valence-electron chi connectivity index (χ1n) is 7.97. The van der Waals surface area contributed by atoms with Crippen molar-refractivity contribution in [1.82, 2.24) is 5.01 Å². The average Bonchev–Trinajstić information content (AvgIpc) is 2.67. The van der Waals surface area contributed by atoms with E-state index < -0.39 is 0 Å². The van der Waals surface area contributed by atoms with E-state index >= 15 is 0 Å². The number of hydrazone groups is 1. The molecule has 0 radical (unpaired) electrons. The number of anilines is 2. The minimum atomic E-state index is -0.0976. The second-order valence-electron chi connectivity index (χ2n) is 6.19. The summed E-state index contributed by atoms with van der Waals surface area (Å²) in [6, 6.07) is 8.02. The van der Waals surface area contributed by atoms with E-state index in [1.54, 1.807) is 7.05 Å². The van der Waals surface area contributed by atoms with Crippen LogP contribution in [-0.2, 0) is 9.59 Å². The molecule has 1 atom stereocenters. The van der Waals surface area contributed by atoms with Crippen LogP contribution in [0.25, 0.3) is 0 Å². The predicted molar refractivity (Wildman–Crippen MR) is 90.7 cm³/mol. The minimum Gasteiger partial charge on any atom is -0.373 e. The molecule has 0 bridgehead atoms. The Bertz CT molecular complexity index is 670. The highest BCUT2D eigenvalue weighted by atomic mass is 16.2. The SMILES string of the molecule is C[C@H]1CCN(C)c2ccccc2N1C(=O)C1=NN(C)C(=O)CC1. The number of hydrogen-bond donors (Lipinski definition) is 0. The fourth-order valence-corrected chi connectivity index (χ4v) is 3.13. The molecule has 0 unspecified atom stereocenters. The van der Waals surface area contributed by atoms with Gasteiger partial charge in [0.25, 0.3) is 5.91 Å². The van der Waals surface area contributed by atoms with Gasteiger partial charge in [-0.3, -0.25) is 9.59 Å². The number of nitrogens with zero attached hydrogens (tertiary/aromatic N) is 4. The zero-order valence-corrected chi connectivity index (χ0v) is 13.8. The van der Waals surface area contributed by atoms with Gasteiger partial charge < -0.3 is 9.80 Å². The molecule has 2 aliphatic rings. The van der Waals surface area contributed by atoms with E-state index in [4.69, 9.17) is 0 Å². The molecule has 0 fully saturated rings. The molecule has 122 valence electrons. The second kappa shape index (κ2) is 6.02. The highest BCUT2D eigenvalue weighted by Crippen LogP contribution is 2.34. The Labute approximate surface area is 136 Å². The molecule has 3 rings (SSSR count). The number of rotatable bonds is 1. The maximum atomic E-state index is 13.1. The third-order valence-electron chi connectivity index (χ3n) is 4.55. The summed E-state index contributed by atoms with van der Waals surface area (Å²) in [6.07, 6.45) is 1.63. The first-order chi connectivity index (χ1) is 11.0. The molecule has 0 aliphatic carbocycles. The van der Waals surface area contributed by atoms with Crippen LogP contribution >= 0.6 is 0 Å². The van der Waals surface area contributed by atoms with Crippen LogP contribution in [0.3, 0.4) is 0 Å². The fraction of sp³-hybridized carbons (Fsp3) is 0.471. The number of carbonyl (C=O) groups is 2. The van der Waals surface area contributed by atoms with Crippen LogP contribution in [0.4, 0.5) is 11.4 Å². The Hall–Kier alpha value is -2.37. The monoisotopic (exact) mass is 314 g/mol. The van der Waals surface area contributed by atoms with E-state index in [9.17, 15) is 9.59 Å². The van der Waals surface area contributed by atoms with Crippen LogP contribution in [0.2, 0.25) is 0 Å². The van der Waals surface area contributed by atoms with E-state index in [2.05, 4.69) is 16.9 Å². The van der Waals surface area contributed by atoms with Gasteiger partial charge in [-0.05, 0) is 25.5 Å². The van der Waals surface area contributed by atoms with E-state index in [1.807, 2.05) is 36.2 Å². The zero-order chi connectivity index (χ0) is 16.6. The van der Waals surface area contributed by atoms with Gasteiger partial charge in [-0.2, -0.15) is 5.10 Å². The highest BCUT2D eigenvalue weighted by molar-refractivity contribution is 6.44. The Morgan fingerprint density at radius 3 is 2.57 bits per heavy atom. The molecule has 0 spiro atoms. The Morgan fingerprint density at radius 2 is 1.87 bits per heavy atom. The topological polar surface area (TPSA) is 56.2 Å². The average molecular weight is 314 g/mol. The van der Waals surface area contributed by atoms with Crippen molar-refractivity contribution in [2.45, 2.75) is 32.2 Å². The standard InChI is InChI=1S/C17H22N4O2/c1-12-10-11-19(2)14-6-4-5-7-15(14)21(12)17(23)13-8-9-16(22)20(3)18-13/h4-7,12H,8-11H2,1-3H3/t12-/m0/s1. The highest BCUT2D eigenvalue weighted by Gasteiger charge is 2.32. The summed E-state index contributed by atoms with van der Waals surface area (Å²) in [4.78, 5) is 28.7. The van der Waals surface area contributed by atoms with Crippen LogP contribution in [0.15, 0.2) is 29.4 Å². The van der Waals surface area contributed by atoms with Gasteiger partial charge in [-0.1, -0.05) is 12.1 Å². The first kappa shape index (κ1) is 15.5. The van der Waals surface area contributed by atoms with Gasteiger partial charge in [-0.15, -0.1) is 0 Å². The number of para-hydroxylation sites is 2. The van der Waals surface area contributed by atoms with Crippen LogP contribution in [0.5, 0.6) is 0 Å². The lowest BCUT2D eigenvalue weighted by Gasteiger charge is -2.30. The van der Waals surface area contributed by atoms with E-state index in [1.165, 1.54) is 5.01 Å². The number of benzene rings is 1. The van der Waals surface area contributed by atoms with Crippen molar-refractivity contribution < 1.29 is 9.59 Å². The molecular formula is C17H22N4O2. The first-order valence-corrected chi connectivity index (χ1v) is 7.97. The lowest BCUT2D eigenvalue weighted by molar-refractivity contribution is -0.130. The van der Waals surface area contributed by atoms with Crippen LogP contribution in [0, 0.1) is 0 Å². The van der Waals surface area contributed by atoms with Crippen molar-refractivity contribution in [3.05, 3.63) is 24.3 Å². The summed E-state index contributed by atoms with van der Waals surface area (Å²) >= 11 is 0. The van der Waals surface area contributed by atoms with E-state index in [0.717, 1.165) is 24.3 Å². The summed E-state index contributed by atoms with van der Waals surface area (Å²) in [5.41, 5.74) is 2.41. The van der Waals surface area contributed by atoms with Crippen LogP contribution < -0.4 is 9.80 Å². The van der Waals surface area contributed by atoms with Crippen molar-refractivity contribution in [3.8, 4) is 0 Å². The van der Waals surface area contributed by atoms with Crippen LogP contribution in [0.1, 0.15) is 26.2 Å². The number of carbonyl (C=O) groups excluding carboxylic acids is 2. The largest absolute Gasteiger partial charge is 0.373 e. The summed E-state index contributed by atoms with van der Waals surface area (Å²) in [7, 11) is 3.65. The lowest BCUT2D eigenvalue weighted by Crippen LogP contribution is -2.45. The molecule has 0 N–H and O–H groups in total. The van der Waals surface area contributed by atoms with Crippen molar-refractivity contribution in [1.29, 1.82) is 0 Å². The predicted octanol–water partition coefficient (Wildman–Crippen LogP) is 1.86. The van der Waals surface area contributed by atoms with Gasteiger partial charge in [0.1, 0.15) is 5.71 Å². The van der Waals surface area contributed by atoms with Gasteiger partial charge in [0.2, 0.25) is 5.91 Å². The minimum absolute atomic E-state index is 0.0504.